The minimum atomic E-state index is -1.22. The molecule has 0 bridgehead atoms. The van der Waals surface area contributed by atoms with Gasteiger partial charge in [0.05, 0.1) is 5.92 Å². The Kier molecular flexibility index (Phi) is 9.41. The maximum atomic E-state index is 12.2. The van der Waals surface area contributed by atoms with Crippen LogP contribution in [0.5, 0.6) is 0 Å². The zero-order valence-electron chi connectivity index (χ0n) is 18.7. The van der Waals surface area contributed by atoms with Crippen molar-refractivity contribution in [1.29, 1.82) is 0 Å². The van der Waals surface area contributed by atoms with Gasteiger partial charge in [0.2, 0.25) is 0 Å². The number of tetrazole rings is 1. The summed E-state index contributed by atoms with van der Waals surface area (Å²) in [6.07, 6.45) is 0.844. The summed E-state index contributed by atoms with van der Waals surface area (Å²) in [5, 5.41) is 22.6. The summed E-state index contributed by atoms with van der Waals surface area (Å²) in [6.45, 7) is 11.6. The number of pyridine rings is 1. The lowest BCUT2D eigenvalue weighted by molar-refractivity contribution is -0.143. The van der Waals surface area contributed by atoms with E-state index in [4.69, 9.17) is 27.9 Å². The van der Waals surface area contributed by atoms with E-state index in [0.29, 0.717) is 25.3 Å². The second kappa shape index (κ2) is 11.4. The Morgan fingerprint density at radius 3 is 2.42 bits per heavy atom. The summed E-state index contributed by atoms with van der Waals surface area (Å²) in [7, 11) is -1.22. The number of halogens is 2. The molecule has 0 unspecified atom stereocenters. The van der Waals surface area contributed by atoms with Crippen LogP contribution in [0.4, 0.5) is 0 Å². The van der Waals surface area contributed by atoms with Crippen molar-refractivity contribution in [3.05, 3.63) is 33.8 Å². The molecule has 2 aromatic heterocycles. The van der Waals surface area contributed by atoms with Crippen LogP contribution in [-0.2, 0) is 22.7 Å². The highest BCUT2D eigenvalue weighted by Gasteiger charge is 2.34. The molecule has 0 aliphatic heterocycles. The van der Waals surface area contributed by atoms with Crippen molar-refractivity contribution in [2.45, 2.75) is 65.0 Å². The summed E-state index contributed by atoms with van der Waals surface area (Å²) >= 11 is 12.1. The Bertz CT molecular complexity index is 852. The van der Waals surface area contributed by atoms with E-state index in [1.807, 2.05) is 13.8 Å². The average molecular weight is 488 g/mol. The maximum Gasteiger partial charge on any atom is 0.307 e. The van der Waals surface area contributed by atoms with Gasteiger partial charge >= 0.3 is 5.97 Å². The van der Waals surface area contributed by atoms with Crippen molar-refractivity contribution in [3.8, 4) is 0 Å². The van der Waals surface area contributed by atoms with Gasteiger partial charge in [0, 0.05) is 20.6 Å². The lowest BCUT2D eigenvalue weighted by Crippen LogP contribution is -2.28. The van der Waals surface area contributed by atoms with Crippen molar-refractivity contribution in [2.75, 3.05) is 6.61 Å². The quantitative estimate of drug-likeness (QED) is 0.261. The van der Waals surface area contributed by atoms with E-state index < -0.39 is 25.9 Å². The summed E-state index contributed by atoms with van der Waals surface area (Å²) in [5.74, 6) is -1.39. The number of carboxylic acids is 1. The molecular weight excluding hydrogens is 457 g/mol. The molecule has 11 heteroatoms. The molecular formula is C20H31Cl2N5O3Si. The topological polar surface area (TPSA) is 103 Å². The Morgan fingerprint density at radius 2 is 1.87 bits per heavy atom. The minimum absolute atomic E-state index is 0.176. The summed E-state index contributed by atoms with van der Waals surface area (Å²) in [5.41, 5.74) is 0.777. The van der Waals surface area contributed by atoms with Gasteiger partial charge in [-0.25, -0.2) is 9.67 Å². The molecule has 0 radical (unpaired) electrons. The molecule has 0 spiro atoms. The molecule has 0 amide bonds. The SMILES string of the molecule is CC(C)C[C@H](C(=O)O)[C@H](Cc1cc(Cl)nc(Cl)c1)c1nnnn1COCC[Si](C)(C)C. The van der Waals surface area contributed by atoms with E-state index >= 15 is 0 Å². The number of aromatic nitrogens is 5. The van der Waals surface area contributed by atoms with Crippen LogP contribution < -0.4 is 0 Å². The summed E-state index contributed by atoms with van der Waals surface area (Å²) in [4.78, 5) is 16.2. The van der Waals surface area contributed by atoms with Crippen LogP contribution in [0, 0.1) is 11.8 Å². The van der Waals surface area contributed by atoms with Crippen molar-refractivity contribution in [3.63, 3.8) is 0 Å². The number of carboxylic acid groups (broad SMARTS) is 1. The van der Waals surface area contributed by atoms with E-state index in [1.165, 1.54) is 0 Å². The number of nitrogens with zero attached hydrogens (tertiary/aromatic N) is 5. The number of rotatable bonds is 12. The maximum absolute atomic E-state index is 12.2. The predicted molar refractivity (Wildman–Crippen MR) is 123 cm³/mol. The first-order chi connectivity index (χ1) is 14.5. The fourth-order valence-corrected chi connectivity index (χ4v) is 4.61. The van der Waals surface area contributed by atoms with Crippen molar-refractivity contribution < 1.29 is 14.6 Å². The van der Waals surface area contributed by atoms with Gasteiger partial charge in [-0.1, -0.05) is 56.7 Å². The molecule has 31 heavy (non-hydrogen) atoms. The van der Waals surface area contributed by atoms with E-state index in [0.717, 1.165) is 11.6 Å². The van der Waals surface area contributed by atoms with Crippen molar-refractivity contribution >= 4 is 37.2 Å². The van der Waals surface area contributed by atoms with Gasteiger partial charge in [0.1, 0.15) is 17.0 Å². The van der Waals surface area contributed by atoms with Crippen LogP contribution in [0.1, 0.15) is 37.6 Å². The molecule has 0 aromatic carbocycles. The largest absolute Gasteiger partial charge is 0.481 e. The first-order valence-corrected chi connectivity index (χ1v) is 14.8. The van der Waals surface area contributed by atoms with E-state index in [9.17, 15) is 9.90 Å². The molecule has 0 fully saturated rings. The van der Waals surface area contributed by atoms with E-state index in [-0.39, 0.29) is 23.0 Å². The van der Waals surface area contributed by atoms with Crippen LogP contribution in [-0.4, -0.2) is 50.9 Å². The third-order valence-electron chi connectivity index (χ3n) is 4.91. The fourth-order valence-electron chi connectivity index (χ4n) is 3.34. The second-order valence-corrected chi connectivity index (χ2v) is 15.8. The van der Waals surface area contributed by atoms with Gasteiger partial charge in [-0.05, 0) is 52.9 Å². The molecule has 0 saturated heterocycles. The predicted octanol–water partition coefficient (Wildman–Crippen LogP) is 4.76. The van der Waals surface area contributed by atoms with Crippen molar-refractivity contribution in [2.24, 2.45) is 11.8 Å². The highest BCUT2D eigenvalue weighted by Crippen LogP contribution is 2.33. The Labute approximate surface area is 194 Å². The number of aliphatic carboxylic acids is 1. The highest BCUT2D eigenvalue weighted by molar-refractivity contribution is 6.76. The number of hydrogen-bond donors (Lipinski definition) is 1. The normalized spacial score (nSPS) is 14.1. The lowest BCUT2D eigenvalue weighted by Gasteiger charge is -2.25. The van der Waals surface area contributed by atoms with E-state index in [1.54, 1.807) is 16.8 Å². The monoisotopic (exact) mass is 487 g/mol. The van der Waals surface area contributed by atoms with Crippen LogP contribution >= 0.6 is 23.2 Å². The molecule has 1 N–H and O–H groups in total. The lowest BCUT2D eigenvalue weighted by atomic mass is 9.81. The number of ether oxygens (including phenoxy) is 1. The third-order valence-corrected chi connectivity index (χ3v) is 7.00. The standard InChI is InChI=1S/C20H31Cl2N5O3Si/c1-13(2)8-16(20(28)29)15(9-14-10-17(21)23-18(22)11-14)19-24-25-26-27(19)12-30-6-7-31(3,4)5/h10-11,13,15-16H,6-9,12H2,1-5H3,(H,28,29)/t15-,16-/m0/s1. The molecule has 0 aliphatic carbocycles. The zero-order valence-corrected chi connectivity index (χ0v) is 21.2. The van der Waals surface area contributed by atoms with Gasteiger partial charge in [0.25, 0.3) is 0 Å². The van der Waals surface area contributed by atoms with Crippen LogP contribution in [0.2, 0.25) is 36.0 Å². The molecule has 2 rings (SSSR count). The fraction of sp³-hybridized carbons (Fsp3) is 0.650. The highest BCUT2D eigenvalue weighted by atomic mass is 35.5. The zero-order chi connectivity index (χ0) is 23.2. The van der Waals surface area contributed by atoms with Crippen molar-refractivity contribution in [1.82, 2.24) is 25.2 Å². The minimum Gasteiger partial charge on any atom is -0.481 e. The van der Waals surface area contributed by atoms with Gasteiger partial charge in [-0.2, -0.15) is 0 Å². The Morgan fingerprint density at radius 1 is 1.23 bits per heavy atom. The second-order valence-electron chi connectivity index (χ2n) is 9.39. The van der Waals surface area contributed by atoms with Gasteiger partial charge in [-0.3, -0.25) is 4.79 Å². The smallest absolute Gasteiger partial charge is 0.307 e. The van der Waals surface area contributed by atoms with Gasteiger partial charge in [0.15, 0.2) is 5.82 Å². The molecule has 8 nitrogen and oxygen atoms in total. The third kappa shape index (κ3) is 8.48. The Hall–Kier alpha value is -1.55. The van der Waals surface area contributed by atoms with Gasteiger partial charge < -0.3 is 9.84 Å². The first kappa shape index (κ1) is 25.7. The van der Waals surface area contributed by atoms with E-state index in [2.05, 4.69) is 40.2 Å². The average Bonchev–Trinajstić information content (AvgIpc) is 3.08. The molecule has 0 saturated carbocycles. The molecule has 0 aliphatic rings. The Balaban J connectivity index is 2.32. The molecule has 2 atom stereocenters. The first-order valence-electron chi connectivity index (χ1n) is 10.3. The number of hydrogen-bond acceptors (Lipinski definition) is 6. The summed E-state index contributed by atoms with van der Waals surface area (Å²) < 4.78 is 7.36. The molecule has 172 valence electrons. The summed E-state index contributed by atoms with van der Waals surface area (Å²) in [6, 6.07) is 4.40. The molecule has 2 aromatic rings. The van der Waals surface area contributed by atoms with Crippen LogP contribution in [0.15, 0.2) is 12.1 Å². The van der Waals surface area contributed by atoms with Crippen LogP contribution in [0.25, 0.3) is 0 Å². The number of carbonyl (C=O) groups is 1. The molecule has 2 heterocycles. The van der Waals surface area contributed by atoms with Gasteiger partial charge in [-0.15, -0.1) is 5.10 Å². The van der Waals surface area contributed by atoms with Crippen LogP contribution in [0.3, 0.4) is 0 Å².